The van der Waals surface area contributed by atoms with Crippen LogP contribution in [0.5, 0.6) is 5.75 Å². The number of hydrogen-bond donors (Lipinski definition) is 0. The molecule has 0 aliphatic rings. The monoisotopic (exact) mass is 207 g/mol. The van der Waals surface area contributed by atoms with E-state index in [0.29, 0.717) is 6.04 Å². The van der Waals surface area contributed by atoms with Crippen LogP contribution >= 0.6 is 0 Å². The average Bonchev–Trinajstić information content (AvgIpc) is 2.18. The van der Waals surface area contributed by atoms with Crippen molar-refractivity contribution in [3.63, 3.8) is 0 Å². The van der Waals surface area contributed by atoms with Gasteiger partial charge >= 0.3 is 0 Å². The lowest BCUT2D eigenvalue weighted by molar-refractivity contribution is 0.265. The van der Waals surface area contributed by atoms with E-state index in [4.69, 9.17) is 4.74 Å². The highest BCUT2D eigenvalue weighted by Crippen LogP contribution is 2.19. The van der Waals surface area contributed by atoms with Crippen LogP contribution in [0.2, 0.25) is 0 Å². The average molecular weight is 207 g/mol. The van der Waals surface area contributed by atoms with E-state index in [-0.39, 0.29) is 0 Å². The van der Waals surface area contributed by atoms with Crippen LogP contribution < -0.4 is 4.74 Å². The van der Waals surface area contributed by atoms with Gasteiger partial charge in [-0.3, -0.25) is 4.90 Å². The molecule has 1 rings (SSSR count). The van der Waals surface area contributed by atoms with E-state index >= 15 is 0 Å². The summed E-state index contributed by atoms with van der Waals surface area (Å²) in [6.07, 6.45) is 0. The number of ether oxygens (including phenoxy) is 1. The number of methoxy groups -OCH3 is 1. The fraction of sp³-hybridized carbons (Fsp3) is 0.538. The molecule has 0 fully saturated rings. The number of benzene rings is 1. The molecular formula is C13H21NO. The third kappa shape index (κ3) is 3.24. The minimum atomic E-state index is 0.576. The van der Waals surface area contributed by atoms with Gasteiger partial charge in [-0.1, -0.05) is 12.1 Å². The van der Waals surface area contributed by atoms with E-state index in [1.807, 2.05) is 6.07 Å². The number of aryl methyl sites for hydroxylation is 1. The zero-order valence-corrected chi connectivity index (χ0v) is 10.4. The summed E-state index contributed by atoms with van der Waals surface area (Å²) in [5.74, 6) is 0.964. The minimum absolute atomic E-state index is 0.576. The fourth-order valence-corrected chi connectivity index (χ4v) is 1.51. The third-order valence-electron chi connectivity index (χ3n) is 2.77. The van der Waals surface area contributed by atoms with Crippen molar-refractivity contribution in [2.45, 2.75) is 33.4 Å². The van der Waals surface area contributed by atoms with Gasteiger partial charge in [-0.15, -0.1) is 0 Å². The molecule has 2 nitrogen and oxygen atoms in total. The van der Waals surface area contributed by atoms with Crippen LogP contribution in [-0.4, -0.2) is 25.1 Å². The Kier molecular flexibility index (Phi) is 4.15. The molecule has 0 heterocycles. The summed E-state index contributed by atoms with van der Waals surface area (Å²) in [5, 5.41) is 0. The van der Waals surface area contributed by atoms with Crippen molar-refractivity contribution in [1.29, 1.82) is 0 Å². The summed E-state index contributed by atoms with van der Waals surface area (Å²) in [6.45, 7) is 7.48. The standard InChI is InChI=1S/C13H21NO/c1-10(2)14(4)9-12-6-7-13(15-5)11(3)8-12/h6-8,10H,9H2,1-5H3. The predicted molar refractivity (Wildman–Crippen MR) is 64.3 cm³/mol. The Labute approximate surface area is 92.9 Å². The Morgan fingerprint density at radius 2 is 2.00 bits per heavy atom. The molecular weight excluding hydrogens is 186 g/mol. The predicted octanol–water partition coefficient (Wildman–Crippen LogP) is 2.84. The first kappa shape index (κ1) is 12.1. The maximum Gasteiger partial charge on any atom is 0.121 e. The molecule has 0 aliphatic carbocycles. The molecule has 1 aromatic carbocycles. The van der Waals surface area contributed by atoms with Gasteiger partial charge in [-0.25, -0.2) is 0 Å². The highest BCUT2D eigenvalue weighted by molar-refractivity contribution is 5.36. The molecule has 0 atom stereocenters. The molecule has 0 saturated carbocycles. The smallest absolute Gasteiger partial charge is 0.121 e. The lowest BCUT2D eigenvalue weighted by atomic mass is 10.1. The molecule has 0 spiro atoms. The number of nitrogens with zero attached hydrogens (tertiary/aromatic N) is 1. The van der Waals surface area contributed by atoms with Gasteiger partial charge in [0.05, 0.1) is 7.11 Å². The lowest BCUT2D eigenvalue weighted by Crippen LogP contribution is -2.25. The Bertz CT molecular complexity index is 320. The van der Waals surface area contributed by atoms with Crippen LogP contribution in [0, 0.1) is 6.92 Å². The van der Waals surface area contributed by atoms with Crippen molar-refractivity contribution in [3.8, 4) is 5.75 Å². The zero-order valence-electron chi connectivity index (χ0n) is 10.4. The SMILES string of the molecule is COc1ccc(CN(C)C(C)C)cc1C. The molecule has 0 radical (unpaired) electrons. The largest absolute Gasteiger partial charge is 0.496 e. The summed E-state index contributed by atoms with van der Waals surface area (Å²) in [4.78, 5) is 2.32. The van der Waals surface area contributed by atoms with Crippen molar-refractivity contribution < 1.29 is 4.74 Å². The van der Waals surface area contributed by atoms with Gasteiger partial charge in [0.15, 0.2) is 0 Å². The Morgan fingerprint density at radius 3 is 2.47 bits per heavy atom. The molecule has 0 bridgehead atoms. The van der Waals surface area contributed by atoms with Crippen LogP contribution in [0.25, 0.3) is 0 Å². The summed E-state index contributed by atoms with van der Waals surface area (Å²) in [5.41, 5.74) is 2.54. The molecule has 0 unspecified atom stereocenters. The van der Waals surface area contributed by atoms with Crippen LogP contribution in [0.1, 0.15) is 25.0 Å². The summed E-state index contributed by atoms with van der Waals surface area (Å²) in [6, 6.07) is 6.94. The second-order valence-corrected chi connectivity index (χ2v) is 4.31. The third-order valence-corrected chi connectivity index (χ3v) is 2.77. The van der Waals surface area contributed by atoms with Crippen molar-refractivity contribution in [2.24, 2.45) is 0 Å². The molecule has 0 amide bonds. The van der Waals surface area contributed by atoms with E-state index in [0.717, 1.165) is 12.3 Å². The zero-order chi connectivity index (χ0) is 11.4. The minimum Gasteiger partial charge on any atom is -0.496 e. The molecule has 2 heteroatoms. The van der Waals surface area contributed by atoms with Gasteiger partial charge in [0.25, 0.3) is 0 Å². The Balaban J connectivity index is 2.75. The summed E-state index contributed by atoms with van der Waals surface area (Å²) in [7, 11) is 3.85. The molecule has 0 N–H and O–H groups in total. The van der Waals surface area contributed by atoms with Crippen LogP contribution in [0.3, 0.4) is 0 Å². The van der Waals surface area contributed by atoms with E-state index in [1.54, 1.807) is 7.11 Å². The number of rotatable bonds is 4. The first-order valence-electron chi connectivity index (χ1n) is 5.38. The maximum absolute atomic E-state index is 5.24. The first-order valence-corrected chi connectivity index (χ1v) is 5.38. The van der Waals surface area contributed by atoms with E-state index in [9.17, 15) is 0 Å². The quantitative estimate of drug-likeness (QED) is 0.752. The van der Waals surface area contributed by atoms with E-state index in [1.165, 1.54) is 11.1 Å². The Morgan fingerprint density at radius 1 is 1.33 bits per heavy atom. The van der Waals surface area contributed by atoms with Gasteiger partial charge in [-0.2, -0.15) is 0 Å². The summed E-state index contributed by atoms with van der Waals surface area (Å²) >= 11 is 0. The first-order chi connectivity index (χ1) is 7.04. The Hall–Kier alpha value is -1.02. The van der Waals surface area contributed by atoms with Gasteiger partial charge in [0.2, 0.25) is 0 Å². The normalized spacial score (nSPS) is 11.1. The highest BCUT2D eigenvalue weighted by Gasteiger charge is 2.05. The van der Waals surface area contributed by atoms with Gasteiger partial charge in [0.1, 0.15) is 5.75 Å². The summed E-state index contributed by atoms with van der Waals surface area (Å²) < 4.78 is 5.24. The lowest BCUT2D eigenvalue weighted by Gasteiger charge is -2.21. The second kappa shape index (κ2) is 5.17. The number of hydrogen-bond acceptors (Lipinski definition) is 2. The van der Waals surface area contributed by atoms with Crippen LogP contribution in [0.4, 0.5) is 0 Å². The van der Waals surface area contributed by atoms with Gasteiger partial charge in [0, 0.05) is 12.6 Å². The molecule has 1 aromatic rings. The fourth-order valence-electron chi connectivity index (χ4n) is 1.51. The van der Waals surface area contributed by atoms with Crippen molar-refractivity contribution >= 4 is 0 Å². The molecule has 0 aromatic heterocycles. The van der Waals surface area contributed by atoms with E-state index < -0.39 is 0 Å². The van der Waals surface area contributed by atoms with E-state index in [2.05, 4.69) is 44.9 Å². The van der Waals surface area contributed by atoms with Gasteiger partial charge in [-0.05, 0) is 45.0 Å². The van der Waals surface area contributed by atoms with Gasteiger partial charge < -0.3 is 4.74 Å². The highest BCUT2D eigenvalue weighted by atomic mass is 16.5. The van der Waals surface area contributed by atoms with Crippen LogP contribution in [0.15, 0.2) is 18.2 Å². The molecule has 0 aliphatic heterocycles. The molecule has 15 heavy (non-hydrogen) atoms. The second-order valence-electron chi connectivity index (χ2n) is 4.31. The van der Waals surface area contributed by atoms with Crippen molar-refractivity contribution in [2.75, 3.05) is 14.2 Å². The molecule has 0 saturated heterocycles. The molecule has 84 valence electrons. The van der Waals surface area contributed by atoms with Crippen molar-refractivity contribution in [3.05, 3.63) is 29.3 Å². The maximum atomic E-state index is 5.24. The topological polar surface area (TPSA) is 12.5 Å². The van der Waals surface area contributed by atoms with Crippen molar-refractivity contribution in [1.82, 2.24) is 4.90 Å². The van der Waals surface area contributed by atoms with Crippen LogP contribution in [-0.2, 0) is 6.54 Å².